The zero-order valence-electron chi connectivity index (χ0n) is 17.8. The van der Waals surface area contributed by atoms with E-state index in [4.69, 9.17) is 25.8 Å². The SMILES string of the molecule is COc1c(S(C)(=O)=O)ccc(O[C@@H](C)C(F)(F)F)c1C(=O)N1CC(Oc2ccccc2Cl)C1. The van der Waals surface area contributed by atoms with Gasteiger partial charge in [0.05, 0.1) is 25.2 Å². The summed E-state index contributed by atoms with van der Waals surface area (Å²) in [4.78, 5) is 14.2. The van der Waals surface area contributed by atoms with Gasteiger partial charge >= 0.3 is 6.18 Å². The lowest BCUT2D eigenvalue weighted by molar-refractivity contribution is -0.189. The number of sulfone groups is 1. The van der Waals surface area contributed by atoms with Crippen molar-refractivity contribution < 1.29 is 40.6 Å². The van der Waals surface area contributed by atoms with Gasteiger partial charge in [-0.1, -0.05) is 23.7 Å². The van der Waals surface area contributed by atoms with E-state index in [9.17, 15) is 26.4 Å². The van der Waals surface area contributed by atoms with Gasteiger partial charge in [0, 0.05) is 6.26 Å². The molecule has 0 radical (unpaired) electrons. The maximum absolute atomic E-state index is 13.2. The van der Waals surface area contributed by atoms with Gasteiger partial charge in [0.25, 0.3) is 5.91 Å². The predicted octanol–water partition coefficient (Wildman–Crippen LogP) is 3.99. The number of amides is 1. The van der Waals surface area contributed by atoms with Gasteiger partial charge in [-0.3, -0.25) is 4.79 Å². The lowest BCUT2D eigenvalue weighted by Crippen LogP contribution is -2.56. The number of ether oxygens (including phenoxy) is 3. The summed E-state index contributed by atoms with van der Waals surface area (Å²) < 4.78 is 79.4. The number of alkyl halides is 3. The normalized spacial score (nSPS) is 15.5. The number of nitrogens with zero attached hydrogens (tertiary/aromatic N) is 1. The van der Waals surface area contributed by atoms with Crippen LogP contribution in [-0.4, -0.2) is 64.1 Å². The van der Waals surface area contributed by atoms with Crippen LogP contribution >= 0.6 is 11.6 Å². The van der Waals surface area contributed by atoms with Crippen molar-refractivity contribution in [1.82, 2.24) is 4.90 Å². The standard InChI is InChI=1S/C21H21ClF3NO6S/c1-12(21(23,24)25)31-16-8-9-17(33(3,28)29)19(30-2)18(16)20(27)26-10-13(11-26)32-15-7-5-4-6-14(15)22/h4-9,12-13H,10-11H2,1-3H3/t12-/m0/s1. The van der Waals surface area contributed by atoms with Gasteiger partial charge in [0.15, 0.2) is 21.7 Å². The van der Waals surface area contributed by atoms with Crippen LogP contribution in [0.15, 0.2) is 41.3 Å². The smallest absolute Gasteiger partial charge is 0.425 e. The molecule has 1 saturated heterocycles. The summed E-state index contributed by atoms with van der Waals surface area (Å²) in [5, 5.41) is 0.390. The average molecular weight is 508 g/mol. The van der Waals surface area contributed by atoms with Crippen LogP contribution in [0.25, 0.3) is 0 Å². The topological polar surface area (TPSA) is 82.1 Å². The molecule has 0 unspecified atom stereocenters. The van der Waals surface area contributed by atoms with Gasteiger partial charge in [-0.2, -0.15) is 13.2 Å². The summed E-state index contributed by atoms with van der Waals surface area (Å²) in [6.45, 7) is 0.984. The molecule has 0 saturated carbocycles. The summed E-state index contributed by atoms with van der Waals surface area (Å²) >= 11 is 6.06. The molecule has 1 amide bonds. The molecule has 1 fully saturated rings. The Kier molecular flexibility index (Phi) is 7.04. The molecule has 0 spiro atoms. The molecule has 2 aromatic rings. The fourth-order valence-electron chi connectivity index (χ4n) is 3.15. The highest BCUT2D eigenvalue weighted by atomic mass is 35.5. The Morgan fingerprint density at radius 2 is 1.79 bits per heavy atom. The number of halogens is 4. The molecular formula is C21H21ClF3NO6S. The zero-order chi connectivity index (χ0) is 24.6. The summed E-state index contributed by atoms with van der Waals surface area (Å²) in [6.07, 6.45) is -6.45. The van der Waals surface area contributed by atoms with E-state index in [0.717, 1.165) is 32.4 Å². The average Bonchev–Trinajstić information content (AvgIpc) is 2.69. The van der Waals surface area contributed by atoms with E-state index >= 15 is 0 Å². The Morgan fingerprint density at radius 3 is 2.33 bits per heavy atom. The number of carbonyl (C=O) groups excluding carboxylic acids is 1. The molecule has 180 valence electrons. The van der Waals surface area contributed by atoms with E-state index in [-0.39, 0.29) is 23.7 Å². The van der Waals surface area contributed by atoms with Crippen LogP contribution in [0.3, 0.4) is 0 Å². The molecule has 0 aliphatic carbocycles. The second kappa shape index (κ2) is 9.30. The number of likely N-dealkylation sites (tertiary alicyclic amines) is 1. The monoisotopic (exact) mass is 507 g/mol. The minimum Gasteiger partial charge on any atom is -0.494 e. The van der Waals surface area contributed by atoms with Crippen molar-refractivity contribution >= 4 is 27.3 Å². The number of benzene rings is 2. The van der Waals surface area contributed by atoms with Crippen molar-refractivity contribution in [2.24, 2.45) is 0 Å². The minimum atomic E-state index is -4.70. The van der Waals surface area contributed by atoms with E-state index in [1.165, 1.54) is 4.90 Å². The Hall–Kier alpha value is -2.66. The van der Waals surface area contributed by atoms with Gasteiger partial charge in [0.1, 0.15) is 28.1 Å². The van der Waals surface area contributed by atoms with Gasteiger partial charge in [0.2, 0.25) is 0 Å². The molecule has 0 aromatic heterocycles. The minimum absolute atomic E-state index is 0.102. The Balaban J connectivity index is 1.91. The van der Waals surface area contributed by atoms with Crippen molar-refractivity contribution in [1.29, 1.82) is 0 Å². The van der Waals surface area contributed by atoms with Crippen LogP contribution in [0, 0.1) is 0 Å². The molecule has 2 aromatic carbocycles. The number of hydrogen-bond acceptors (Lipinski definition) is 6. The van der Waals surface area contributed by atoms with Crippen molar-refractivity contribution in [2.75, 3.05) is 26.5 Å². The van der Waals surface area contributed by atoms with Crippen molar-refractivity contribution in [3.8, 4) is 17.2 Å². The van der Waals surface area contributed by atoms with Crippen LogP contribution in [-0.2, 0) is 9.84 Å². The van der Waals surface area contributed by atoms with Crippen molar-refractivity contribution in [2.45, 2.75) is 30.2 Å². The van der Waals surface area contributed by atoms with E-state index in [0.29, 0.717) is 10.8 Å². The molecule has 1 aliphatic rings. The number of hydrogen-bond donors (Lipinski definition) is 0. The van der Waals surface area contributed by atoms with Crippen LogP contribution in [0.1, 0.15) is 17.3 Å². The summed E-state index contributed by atoms with van der Waals surface area (Å²) in [5.74, 6) is -1.15. The quantitative estimate of drug-likeness (QED) is 0.564. The first-order valence-corrected chi connectivity index (χ1v) is 11.9. The van der Waals surface area contributed by atoms with Crippen LogP contribution < -0.4 is 14.2 Å². The van der Waals surface area contributed by atoms with Gasteiger partial charge in [-0.15, -0.1) is 0 Å². The van der Waals surface area contributed by atoms with Gasteiger partial charge in [-0.05, 0) is 31.2 Å². The molecule has 1 heterocycles. The first kappa shape index (κ1) is 25.0. The molecule has 7 nitrogen and oxygen atoms in total. The second-order valence-corrected chi connectivity index (χ2v) is 9.82. The molecule has 0 bridgehead atoms. The lowest BCUT2D eigenvalue weighted by atomic mass is 10.1. The first-order valence-electron chi connectivity index (χ1n) is 9.67. The lowest BCUT2D eigenvalue weighted by Gasteiger charge is -2.39. The van der Waals surface area contributed by atoms with E-state index in [1.807, 2.05) is 0 Å². The Labute approximate surface area is 193 Å². The maximum atomic E-state index is 13.2. The highest BCUT2D eigenvalue weighted by Gasteiger charge is 2.41. The van der Waals surface area contributed by atoms with Gasteiger partial charge in [-0.25, -0.2) is 8.42 Å². The predicted molar refractivity (Wildman–Crippen MR) is 114 cm³/mol. The third-order valence-electron chi connectivity index (χ3n) is 4.93. The van der Waals surface area contributed by atoms with Crippen molar-refractivity contribution in [3.63, 3.8) is 0 Å². The first-order chi connectivity index (χ1) is 15.3. The number of para-hydroxylation sites is 1. The van der Waals surface area contributed by atoms with Gasteiger partial charge < -0.3 is 19.1 Å². The van der Waals surface area contributed by atoms with Crippen molar-refractivity contribution in [3.05, 3.63) is 47.0 Å². The van der Waals surface area contributed by atoms with Crippen LogP contribution in [0.5, 0.6) is 17.2 Å². The molecule has 1 aliphatic heterocycles. The third-order valence-corrected chi connectivity index (χ3v) is 6.36. The summed E-state index contributed by atoms with van der Waals surface area (Å²) in [7, 11) is -2.74. The molecule has 1 atom stereocenters. The number of rotatable bonds is 7. The summed E-state index contributed by atoms with van der Waals surface area (Å²) in [5.41, 5.74) is -0.410. The fraction of sp³-hybridized carbons (Fsp3) is 0.381. The van der Waals surface area contributed by atoms with Crippen LogP contribution in [0.2, 0.25) is 5.02 Å². The Morgan fingerprint density at radius 1 is 1.15 bits per heavy atom. The largest absolute Gasteiger partial charge is 0.494 e. The van der Waals surface area contributed by atoms with E-state index in [1.54, 1.807) is 24.3 Å². The maximum Gasteiger partial charge on any atom is 0.425 e. The number of methoxy groups -OCH3 is 1. The molecular weight excluding hydrogens is 487 g/mol. The molecule has 12 heteroatoms. The Bertz CT molecular complexity index is 1150. The van der Waals surface area contributed by atoms with E-state index in [2.05, 4.69) is 0 Å². The highest BCUT2D eigenvalue weighted by Crippen LogP contribution is 2.39. The van der Waals surface area contributed by atoms with Crippen LogP contribution in [0.4, 0.5) is 13.2 Å². The highest BCUT2D eigenvalue weighted by molar-refractivity contribution is 7.90. The zero-order valence-corrected chi connectivity index (χ0v) is 19.4. The number of carbonyl (C=O) groups is 1. The molecule has 3 rings (SSSR count). The van der Waals surface area contributed by atoms with E-state index < -0.39 is 45.4 Å². The summed E-state index contributed by atoms with van der Waals surface area (Å²) in [6, 6.07) is 8.84. The second-order valence-electron chi connectivity index (χ2n) is 7.42. The third kappa shape index (κ3) is 5.47. The fourth-order valence-corrected chi connectivity index (χ4v) is 4.17. The molecule has 0 N–H and O–H groups in total. The molecule has 33 heavy (non-hydrogen) atoms.